The number of carbonyl (C=O) groups is 1. The second kappa shape index (κ2) is 8.64. The fourth-order valence-electron chi connectivity index (χ4n) is 3.25. The molecule has 0 radical (unpaired) electrons. The first-order valence-corrected chi connectivity index (χ1v) is 10.9. The zero-order chi connectivity index (χ0) is 21.9. The number of nitrogens with one attached hydrogen (secondary N) is 1. The highest BCUT2D eigenvalue weighted by Gasteiger charge is 2.10. The van der Waals surface area contributed by atoms with Gasteiger partial charge in [0.25, 0.3) is 5.91 Å². The molecule has 0 unspecified atom stereocenters. The number of hydrogen-bond donors (Lipinski definition) is 1. The summed E-state index contributed by atoms with van der Waals surface area (Å²) in [7, 11) is 0. The molecule has 1 amide bonds. The van der Waals surface area contributed by atoms with Crippen molar-refractivity contribution in [1.82, 2.24) is 9.97 Å². The van der Waals surface area contributed by atoms with Gasteiger partial charge in [0.1, 0.15) is 17.9 Å². The Labute approximate surface area is 188 Å². The molecule has 158 valence electrons. The normalized spacial score (nSPS) is 10.9. The van der Waals surface area contributed by atoms with Gasteiger partial charge in [-0.3, -0.25) is 4.79 Å². The zero-order valence-corrected chi connectivity index (χ0v) is 18.1. The molecule has 2 aromatic heterocycles. The van der Waals surface area contributed by atoms with Crippen molar-refractivity contribution < 1.29 is 13.9 Å². The third kappa shape index (κ3) is 4.38. The molecule has 0 fully saturated rings. The van der Waals surface area contributed by atoms with Gasteiger partial charge in [-0.15, -0.1) is 11.3 Å². The number of hydrogen-bond acceptors (Lipinski definition) is 6. The van der Waals surface area contributed by atoms with E-state index in [4.69, 9.17) is 9.15 Å². The first-order valence-electron chi connectivity index (χ1n) is 10.1. The highest BCUT2D eigenvalue weighted by molar-refractivity contribution is 7.09. The summed E-state index contributed by atoms with van der Waals surface area (Å²) in [5.74, 6) is 0.952. The monoisotopic (exact) mass is 441 g/mol. The molecule has 0 spiro atoms. The van der Waals surface area contributed by atoms with E-state index in [9.17, 15) is 4.79 Å². The minimum absolute atomic E-state index is 0.213. The number of benzene rings is 3. The molecular weight excluding hydrogens is 422 g/mol. The molecule has 0 aliphatic heterocycles. The molecule has 0 atom stereocenters. The molecule has 5 aromatic rings. The Morgan fingerprint density at radius 1 is 1.03 bits per heavy atom. The fraction of sp³-hybridized carbons (Fsp3) is 0.0800. The van der Waals surface area contributed by atoms with Crippen LogP contribution in [-0.4, -0.2) is 15.9 Å². The number of aryl methyl sites for hydroxylation is 1. The number of amides is 1. The van der Waals surface area contributed by atoms with Crippen LogP contribution in [0.5, 0.6) is 5.75 Å². The van der Waals surface area contributed by atoms with E-state index < -0.39 is 0 Å². The SMILES string of the molecule is Cc1nc(COc2cccc(C(=O)Nc3ccc(-c4nc5ccccc5o4)cc3)c2)cs1. The van der Waals surface area contributed by atoms with Gasteiger partial charge in [0.05, 0.1) is 10.7 Å². The number of rotatable bonds is 6. The molecule has 7 heteroatoms. The quantitative estimate of drug-likeness (QED) is 0.345. The molecule has 6 nitrogen and oxygen atoms in total. The summed E-state index contributed by atoms with van der Waals surface area (Å²) in [6.07, 6.45) is 0. The summed E-state index contributed by atoms with van der Waals surface area (Å²) < 4.78 is 11.6. The smallest absolute Gasteiger partial charge is 0.255 e. The Kier molecular flexibility index (Phi) is 5.39. The van der Waals surface area contributed by atoms with Crippen LogP contribution in [0.25, 0.3) is 22.6 Å². The van der Waals surface area contributed by atoms with E-state index in [1.54, 1.807) is 29.5 Å². The maximum absolute atomic E-state index is 12.7. The number of nitrogens with zero attached hydrogens (tertiary/aromatic N) is 2. The van der Waals surface area contributed by atoms with Crippen molar-refractivity contribution in [2.75, 3.05) is 5.32 Å². The predicted molar refractivity (Wildman–Crippen MR) is 125 cm³/mol. The van der Waals surface area contributed by atoms with Crippen molar-refractivity contribution in [3.05, 3.63) is 94.4 Å². The Bertz CT molecular complexity index is 1360. The van der Waals surface area contributed by atoms with Crippen LogP contribution < -0.4 is 10.1 Å². The van der Waals surface area contributed by atoms with E-state index in [1.807, 2.05) is 66.9 Å². The second-order valence-corrected chi connectivity index (χ2v) is 8.25. The Hall–Kier alpha value is -3.97. The lowest BCUT2D eigenvalue weighted by Gasteiger charge is -2.08. The largest absolute Gasteiger partial charge is 0.487 e. The average Bonchev–Trinajstić information content (AvgIpc) is 3.44. The van der Waals surface area contributed by atoms with Crippen LogP contribution in [0.4, 0.5) is 5.69 Å². The van der Waals surface area contributed by atoms with Gasteiger partial charge in [0, 0.05) is 22.2 Å². The van der Waals surface area contributed by atoms with Crippen molar-refractivity contribution in [3.63, 3.8) is 0 Å². The van der Waals surface area contributed by atoms with E-state index >= 15 is 0 Å². The van der Waals surface area contributed by atoms with Gasteiger partial charge in [-0.05, 0) is 61.5 Å². The van der Waals surface area contributed by atoms with E-state index in [-0.39, 0.29) is 5.91 Å². The summed E-state index contributed by atoms with van der Waals surface area (Å²) in [5.41, 5.74) is 4.46. The third-order valence-electron chi connectivity index (χ3n) is 4.83. The first kappa shape index (κ1) is 20.0. The lowest BCUT2D eigenvalue weighted by molar-refractivity contribution is 0.102. The molecular formula is C25H19N3O3S. The number of oxazole rings is 1. The topological polar surface area (TPSA) is 77.2 Å². The van der Waals surface area contributed by atoms with E-state index in [1.165, 1.54) is 0 Å². The highest BCUT2D eigenvalue weighted by atomic mass is 32.1. The fourth-order valence-corrected chi connectivity index (χ4v) is 3.85. The van der Waals surface area contributed by atoms with Crippen molar-refractivity contribution in [3.8, 4) is 17.2 Å². The summed E-state index contributed by atoms with van der Waals surface area (Å²) in [4.78, 5) is 21.6. The predicted octanol–water partition coefficient (Wildman–Crippen LogP) is 6.09. The molecule has 0 aliphatic rings. The van der Waals surface area contributed by atoms with Crippen LogP contribution in [-0.2, 0) is 6.61 Å². The third-order valence-corrected chi connectivity index (χ3v) is 5.66. The molecule has 1 N–H and O–H groups in total. The van der Waals surface area contributed by atoms with Crippen LogP contribution in [0.1, 0.15) is 21.1 Å². The zero-order valence-electron chi connectivity index (χ0n) is 17.2. The number of ether oxygens (including phenoxy) is 1. The van der Waals surface area contributed by atoms with Crippen LogP contribution in [0.3, 0.4) is 0 Å². The van der Waals surface area contributed by atoms with Crippen molar-refractivity contribution in [2.45, 2.75) is 13.5 Å². The van der Waals surface area contributed by atoms with Crippen molar-refractivity contribution >= 4 is 34.0 Å². The average molecular weight is 442 g/mol. The van der Waals surface area contributed by atoms with Gasteiger partial charge in [-0.25, -0.2) is 9.97 Å². The molecule has 32 heavy (non-hydrogen) atoms. The van der Waals surface area contributed by atoms with Gasteiger partial charge in [-0.2, -0.15) is 0 Å². The molecule has 3 aromatic carbocycles. The lowest BCUT2D eigenvalue weighted by atomic mass is 10.1. The van der Waals surface area contributed by atoms with E-state index in [2.05, 4.69) is 15.3 Å². The van der Waals surface area contributed by atoms with Gasteiger partial charge in [0.2, 0.25) is 5.89 Å². The van der Waals surface area contributed by atoms with Crippen LogP contribution >= 0.6 is 11.3 Å². The summed E-state index contributed by atoms with van der Waals surface area (Å²) in [5, 5.41) is 5.88. The van der Waals surface area contributed by atoms with E-state index in [0.29, 0.717) is 29.5 Å². The molecule has 2 heterocycles. The summed E-state index contributed by atoms with van der Waals surface area (Å²) >= 11 is 1.58. The standard InChI is InChI=1S/C25H19N3O3S/c1-16-26-20(15-32-16)14-30-21-6-4-5-18(13-21)24(29)27-19-11-9-17(10-12-19)25-28-22-7-2-3-8-23(22)31-25/h2-13,15H,14H2,1H3,(H,27,29). The van der Waals surface area contributed by atoms with Crippen LogP contribution in [0, 0.1) is 6.92 Å². The minimum atomic E-state index is -0.213. The molecule has 0 aliphatic carbocycles. The van der Waals surface area contributed by atoms with Gasteiger partial charge >= 0.3 is 0 Å². The number of para-hydroxylation sites is 2. The van der Waals surface area contributed by atoms with Gasteiger partial charge < -0.3 is 14.5 Å². The first-order chi connectivity index (χ1) is 15.6. The maximum atomic E-state index is 12.7. The van der Waals surface area contributed by atoms with E-state index in [0.717, 1.165) is 27.4 Å². The maximum Gasteiger partial charge on any atom is 0.255 e. The summed E-state index contributed by atoms with van der Waals surface area (Å²) in [6.45, 7) is 2.32. The number of fused-ring (bicyclic) bond motifs is 1. The highest BCUT2D eigenvalue weighted by Crippen LogP contribution is 2.25. The number of carbonyl (C=O) groups excluding carboxylic acids is 1. The Morgan fingerprint density at radius 2 is 1.88 bits per heavy atom. The second-order valence-electron chi connectivity index (χ2n) is 7.19. The Balaban J connectivity index is 1.25. The number of anilines is 1. The molecule has 0 saturated heterocycles. The molecule has 0 bridgehead atoms. The molecule has 5 rings (SSSR count). The Morgan fingerprint density at radius 3 is 2.66 bits per heavy atom. The minimum Gasteiger partial charge on any atom is -0.487 e. The molecule has 0 saturated carbocycles. The number of thiazole rings is 1. The van der Waals surface area contributed by atoms with Crippen LogP contribution in [0.2, 0.25) is 0 Å². The van der Waals surface area contributed by atoms with Crippen LogP contribution in [0.15, 0.2) is 82.6 Å². The number of aromatic nitrogens is 2. The lowest BCUT2D eigenvalue weighted by Crippen LogP contribution is -2.12. The van der Waals surface area contributed by atoms with Gasteiger partial charge in [0.15, 0.2) is 5.58 Å². The van der Waals surface area contributed by atoms with Gasteiger partial charge in [-0.1, -0.05) is 18.2 Å². The van der Waals surface area contributed by atoms with Crippen molar-refractivity contribution in [1.29, 1.82) is 0 Å². The summed E-state index contributed by atoms with van der Waals surface area (Å²) in [6, 6.07) is 22.1. The van der Waals surface area contributed by atoms with Crippen molar-refractivity contribution in [2.24, 2.45) is 0 Å².